The van der Waals surface area contributed by atoms with E-state index in [1.807, 2.05) is 18.2 Å². The Morgan fingerprint density at radius 3 is 2.64 bits per heavy atom. The summed E-state index contributed by atoms with van der Waals surface area (Å²) in [7, 11) is 0. The van der Waals surface area contributed by atoms with Crippen LogP contribution in [0.5, 0.6) is 0 Å². The molecule has 1 fully saturated rings. The average Bonchev–Trinajstić information content (AvgIpc) is 2.98. The molecule has 148 valence electrons. The molecule has 4 amide bonds. The zero-order valence-electron chi connectivity index (χ0n) is 15.6. The maximum absolute atomic E-state index is 12.9. The van der Waals surface area contributed by atoms with Crippen molar-refractivity contribution < 1.29 is 23.9 Å². The van der Waals surface area contributed by atoms with Crippen LogP contribution in [0.25, 0.3) is 0 Å². The van der Waals surface area contributed by atoms with Gasteiger partial charge >= 0.3 is 12.0 Å². The van der Waals surface area contributed by atoms with Crippen molar-refractivity contribution >= 4 is 23.8 Å². The Balaban J connectivity index is 1.61. The molecule has 0 bridgehead atoms. The minimum atomic E-state index is -1.24. The summed E-state index contributed by atoms with van der Waals surface area (Å²) in [6.07, 6.45) is 6.30. The molecule has 8 nitrogen and oxygen atoms in total. The predicted molar refractivity (Wildman–Crippen MR) is 99.4 cm³/mol. The van der Waals surface area contributed by atoms with Crippen molar-refractivity contribution in [3.05, 3.63) is 48.0 Å². The molecule has 2 aliphatic rings. The number of nitrogens with one attached hydrogen (secondary N) is 2. The SMILES string of the molecule is CC[C@]1(c2ccccc2)NC(=O)N(NC(=O)COC(=O)[C@H]2CC=CCC2)C1=O. The Bertz CT molecular complexity index is 807. The zero-order valence-corrected chi connectivity index (χ0v) is 15.6. The molecule has 1 aromatic carbocycles. The number of hydrazine groups is 1. The molecule has 2 N–H and O–H groups in total. The summed E-state index contributed by atoms with van der Waals surface area (Å²) in [5.41, 5.74) is 1.63. The lowest BCUT2D eigenvalue weighted by molar-refractivity contribution is -0.154. The minimum absolute atomic E-state index is 0.264. The predicted octanol–water partition coefficient (Wildman–Crippen LogP) is 1.77. The fourth-order valence-corrected chi connectivity index (χ4v) is 3.46. The van der Waals surface area contributed by atoms with Crippen LogP contribution in [-0.4, -0.2) is 35.4 Å². The van der Waals surface area contributed by atoms with E-state index in [0.29, 0.717) is 29.8 Å². The molecular weight excluding hydrogens is 362 g/mol. The molecule has 28 heavy (non-hydrogen) atoms. The topological polar surface area (TPSA) is 105 Å². The van der Waals surface area contributed by atoms with E-state index in [9.17, 15) is 19.2 Å². The number of carbonyl (C=O) groups excluding carboxylic acids is 4. The molecule has 8 heteroatoms. The van der Waals surface area contributed by atoms with E-state index in [0.717, 1.165) is 6.42 Å². The number of urea groups is 1. The molecule has 0 radical (unpaired) electrons. The van der Waals surface area contributed by atoms with Gasteiger partial charge in [-0.25, -0.2) is 4.79 Å². The molecule has 3 rings (SSSR count). The fourth-order valence-electron chi connectivity index (χ4n) is 3.46. The summed E-state index contributed by atoms with van der Waals surface area (Å²) in [6.45, 7) is 1.22. The number of rotatable bonds is 6. The lowest BCUT2D eigenvalue weighted by Gasteiger charge is -2.25. The van der Waals surface area contributed by atoms with Gasteiger partial charge in [0.05, 0.1) is 5.92 Å². The summed E-state index contributed by atoms with van der Waals surface area (Å²) in [5, 5.41) is 3.31. The summed E-state index contributed by atoms with van der Waals surface area (Å²) >= 11 is 0. The van der Waals surface area contributed by atoms with Gasteiger partial charge in [-0.1, -0.05) is 49.4 Å². The highest BCUT2D eigenvalue weighted by molar-refractivity contribution is 6.08. The summed E-state index contributed by atoms with van der Waals surface area (Å²) in [6, 6.07) is 8.11. The third-order valence-electron chi connectivity index (χ3n) is 5.07. The number of allylic oxidation sites excluding steroid dienone is 2. The van der Waals surface area contributed by atoms with Gasteiger partial charge in [0.1, 0.15) is 5.54 Å². The number of esters is 1. The number of hydrogen-bond donors (Lipinski definition) is 2. The number of ether oxygens (including phenoxy) is 1. The first-order valence-corrected chi connectivity index (χ1v) is 9.31. The van der Waals surface area contributed by atoms with Crippen LogP contribution in [0.2, 0.25) is 0 Å². The highest BCUT2D eigenvalue weighted by Gasteiger charge is 2.52. The van der Waals surface area contributed by atoms with E-state index >= 15 is 0 Å². The lowest BCUT2D eigenvalue weighted by Crippen LogP contribution is -2.49. The number of imide groups is 1. The van der Waals surface area contributed by atoms with Crippen LogP contribution in [0.15, 0.2) is 42.5 Å². The number of hydrogen-bond acceptors (Lipinski definition) is 5. The maximum Gasteiger partial charge on any atom is 0.344 e. The van der Waals surface area contributed by atoms with Crippen molar-refractivity contribution in [3.8, 4) is 0 Å². The Morgan fingerprint density at radius 1 is 1.25 bits per heavy atom. The maximum atomic E-state index is 12.9. The Hall–Kier alpha value is -3.16. The van der Waals surface area contributed by atoms with E-state index in [4.69, 9.17) is 4.74 Å². The summed E-state index contributed by atoms with van der Waals surface area (Å²) in [4.78, 5) is 49.4. The Kier molecular flexibility index (Phi) is 5.77. The van der Waals surface area contributed by atoms with Gasteiger partial charge in [-0.15, -0.1) is 0 Å². The van der Waals surface area contributed by atoms with Crippen LogP contribution in [-0.2, 0) is 24.7 Å². The van der Waals surface area contributed by atoms with Crippen LogP contribution >= 0.6 is 0 Å². The molecular formula is C20H23N3O5. The molecule has 0 aromatic heterocycles. The van der Waals surface area contributed by atoms with Crippen LogP contribution in [0.4, 0.5) is 4.79 Å². The number of carbonyl (C=O) groups is 4. The van der Waals surface area contributed by atoms with Crippen molar-refractivity contribution in [1.82, 2.24) is 15.8 Å². The third-order valence-corrected chi connectivity index (χ3v) is 5.07. The van der Waals surface area contributed by atoms with Gasteiger partial charge in [-0.3, -0.25) is 19.8 Å². The second kappa shape index (κ2) is 8.24. The second-order valence-corrected chi connectivity index (χ2v) is 6.82. The normalized spacial score (nSPS) is 24.0. The van der Waals surface area contributed by atoms with Crippen LogP contribution < -0.4 is 10.7 Å². The highest BCUT2D eigenvalue weighted by Crippen LogP contribution is 2.31. The zero-order chi connectivity index (χ0) is 20.1. The van der Waals surface area contributed by atoms with Gasteiger partial charge < -0.3 is 10.1 Å². The average molecular weight is 385 g/mol. The summed E-state index contributed by atoms with van der Waals surface area (Å²) < 4.78 is 5.03. The van der Waals surface area contributed by atoms with E-state index in [-0.39, 0.29) is 5.92 Å². The van der Waals surface area contributed by atoms with Crippen LogP contribution in [0, 0.1) is 5.92 Å². The lowest BCUT2D eigenvalue weighted by atomic mass is 9.87. The molecule has 0 spiro atoms. The molecule has 1 aliphatic carbocycles. The third kappa shape index (κ3) is 3.76. The van der Waals surface area contributed by atoms with E-state index in [1.54, 1.807) is 31.2 Å². The van der Waals surface area contributed by atoms with E-state index in [1.165, 1.54) is 0 Å². The largest absolute Gasteiger partial charge is 0.455 e. The van der Waals surface area contributed by atoms with Gasteiger partial charge in [0.2, 0.25) is 0 Å². The smallest absolute Gasteiger partial charge is 0.344 e. The Labute approximate surface area is 162 Å². The first-order chi connectivity index (χ1) is 13.5. The van der Waals surface area contributed by atoms with E-state index < -0.39 is 36.0 Å². The molecule has 2 atom stereocenters. The number of benzene rings is 1. The van der Waals surface area contributed by atoms with Gasteiger partial charge in [0.15, 0.2) is 6.61 Å². The molecule has 1 heterocycles. The monoisotopic (exact) mass is 385 g/mol. The van der Waals surface area contributed by atoms with Crippen LogP contribution in [0.1, 0.15) is 38.2 Å². The molecule has 0 unspecified atom stereocenters. The molecule has 1 aromatic rings. The number of nitrogens with zero attached hydrogens (tertiary/aromatic N) is 1. The van der Waals surface area contributed by atoms with Crippen LogP contribution in [0.3, 0.4) is 0 Å². The summed E-state index contributed by atoms with van der Waals surface area (Å²) in [5.74, 6) is -2.05. The number of amides is 4. The van der Waals surface area contributed by atoms with Gasteiger partial charge in [0, 0.05) is 0 Å². The van der Waals surface area contributed by atoms with Crippen molar-refractivity contribution in [2.45, 2.75) is 38.1 Å². The minimum Gasteiger partial charge on any atom is -0.455 e. The highest BCUT2D eigenvalue weighted by atomic mass is 16.5. The van der Waals surface area contributed by atoms with Crippen molar-refractivity contribution in [1.29, 1.82) is 0 Å². The van der Waals surface area contributed by atoms with Gasteiger partial charge in [-0.2, -0.15) is 5.01 Å². The first kappa shape index (κ1) is 19.6. The molecule has 0 saturated carbocycles. The standard InChI is InChI=1S/C20H23N3O5/c1-2-20(15-11-7-4-8-12-15)18(26)23(19(27)21-20)22-16(24)13-28-17(25)14-9-5-3-6-10-14/h3-5,7-8,11-12,14H,2,6,9-10,13H2,1H3,(H,21,27)(H,22,24)/t14-,20+/m0/s1. The van der Waals surface area contributed by atoms with E-state index in [2.05, 4.69) is 10.7 Å². The Morgan fingerprint density at radius 2 is 2.00 bits per heavy atom. The van der Waals surface area contributed by atoms with Crippen molar-refractivity contribution in [2.75, 3.05) is 6.61 Å². The van der Waals surface area contributed by atoms with Crippen molar-refractivity contribution in [3.63, 3.8) is 0 Å². The van der Waals surface area contributed by atoms with Crippen molar-refractivity contribution in [2.24, 2.45) is 5.92 Å². The molecule has 1 aliphatic heterocycles. The van der Waals surface area contributed by atoms with Gasteiger partial charge in [-0.05, 0) is 31.2 Å². The quantitative estimate of drug-likeness (QED) is 0.441. The fraction of sp³-hybridized carbons (Fsp3) is 0.400. The second-order valence-electron chi connectivity index (χ2n) is 6.82. The van der Waals surface area contributed by atoms with Gasteiger partial charge in [0.25, 0.3) is 11.8 Å². The molecule has 1 saturated heterocycles. The first-order valence-electron chi connectivity index (χ1n) is 9.31.